The third-order valence-electron chi connectivity index (χ3n) is 5.55. The molecule has 0 aliphatic carbocycles. The summed E-state index contributed by atoms with van der Waals surface area (Å²) in [5.41, 5.74) is 0.642. The summed E-state index contributed by atoms with van der Waals surface area (Å²) in [5, 5.41) is 4.13. The largest absolute Gasteiger partial charge is 0.342 e. The first-order valence-electron chi connectivity index (χ1n) is 9.86. The number of carbonyl (C=O) groups excluding carboxylic acids is 2. The van der Waals surface area contributed by atoms with Gasteiger partial charge in [-0.1, -0.05) is 11.2 Å². The van der Waals surface area contributed by atoms with E-state index in [1.54, 1.807) is 11.1 Å². The van der Waals surface area contributed by atoms with Crippen molar-refractivity contribution in [3.63, 3.8) is 0 Å². The molecule has 8 heteroatoms. The highest BCUT2D eigenvalue weighted by Gasteiger charge is 2.39. The Balaban J connectivity index is 1.43. The maximum Gasteiger partial charge on any atom is 0.276 e. The molecule has 2 atom stereocenters. The Kier molecular flexibility index (Phi) is 5.11. The molecule has 0 bridgehead atoms. The van der Waals surface area contributed by atoms with Gasteiger partial charge < -0.3 is 14.3 Å². The van der Waals surface area contributed by atoms with E-state index in [9.17, 15) is 9.59 Å². The summed E-state index contributed by atoms with van der Waals surface area (Å²) in [7, 11) is 0. The predicted octanol–water partition coefficient (Wildman–Crippen LogP) is 2.09. The van der Waals surface area contributed by atoms with E-state index in [0.29, 0.717) is 43.5 Å². The summed E-state index contributed by atoms with van der Waals surface area (Å²) < 4.78 is 5.38. The number of likely N-dealkylation sites (tertiary alicyclic amines) is 2. The maximum absolute atomic E-state index is 13.0. The van der Waals surface area contributed by atoms with E-state index >= 15 is 0 Å². The van der Waals surface area contributed by atoms with Crippen molar-refractivity contribution in [2.45, 2.75) is 45.1 Å². The molecule has 2 amide bonds. The third-order valence-corrected chi connectivity index (χ3v) is 5.55. The number of piperidine rings is 1. The Morgan fingerprint density at radius 2 is 2.14 bits per heavy atom. The molecule has 0 spiro atoms. The van der Waals surface area contributed by atoms with Crippen molar-refractivity contribution in [2.24, 2.45) is 5.92 Å². The fourth-order valence-electron chi connectivity index (χ4n) is 4.04. The standard InChI is InChI=1S/C20H25N5O3/c1-13(2)25-12-15(10-17(25)26)20(27)24-9-5-6-14(11-24)18-22-19(28-23-18)16-7-3-4-8-21-16/h3-4,7-8,13-15H,5-6,9-12H2,1-2H3/t14-,15-/m1/s1. The highest BCUT2D eigenvalue weighted by molar-refractivity contribution is 5.89. The normalized spacial score (nSPS) is 22.9. The van der Waals surface area contributed by atoms with Crippen molar-refractivity contribution in [3.8, 4) is 11.6 Å². The van der Waals surface area contributed by atoms with Crippen molar-refractivity contribution < 1.29 is 14.1 Å². The molecule has 148 valence electrons. The molecule has 2 aromatic rings. The van der Waals surface area contributed by atoms with Crippen LogP contribution in [0.5, 0.6) is 0 Å². The molecule has 0 unspecified atom stereocenters. The van der Waals surface area contributed by atoms with Gasteiger partial charge >= 0.3 is 0 Å². The summed E-state index contributed by atoms with van der Waals surface area (Å²) in [6.07, 6.45) is 3.79. The predicted molar refractivity (Wildman–Crippen MR) is 101 cm³/mol. The number of rotatable bonds is 4. The molecule has 2 saturated heterocycles. The van der Waals surface area contributed by atoms with Gasteiger partial charge in [-0.3, -0.25) is 14.6 Å². The van der Waals surface area contributed by atoms with Crippen LogP contribution >= 0.6 is 0 Å². The molecule has 4 rings (SSSR count). The molecular formula is C20H25N5O3. The molecule has 2 aromatic heterocycles. The van der Waals surface area contributed by atoms with Crippen LogP contribution in [0, 0.1) is 5.92 Å². The second-order valence-corrected chi connectivity index (χ2v) is 7.84. The summed E-state index contributed by atoms with van der Waals surface area (Å²) >= 11 is 0. The number of hydrogen-bond acceptors (Lipinski definition) is 6. The monoisotopic (exact) mass is 383 g/mol. The van der Waals surface area contributed by atoms with Crippen LogP contribution < -0.4 is 0 Å². The summed E-state index contributed by atoms with van der Waals surface area (Å²) in [5.74, 6) is 0.937. The van der Waals surface area contributed by atoms with Gasteiger partial charge in [-0.05, 0) is 38.8 Å². The van der Waals surface area contributed by atoms with Gasteiger partial charge in [0.1, 0.15) is 5.69 Å². The van der Waals surface area contributed by atoms with Crippen LogP contribution in [-0.4, -0.2) is 62.4 Å². The fraction of sp³-hybridized carbons (Fsp3) is 0.550. The minimum atomic E-state index is -0.247. The summed E-state index contributed by atoms with van der Waals surface area (Å²) in [6, 6.07) is 5.66. The van der Waals surface area contributed by atoms with Gasteiger partial charge in [0.15, 0.2) is 5.82 Å². The van der Waals surface area contributed by atoms with Crippen LogP contribution in [-0.2, 0) is 9.59 Å². The third kappa shape index (κ3) is 3.63. The van der Waals surface area contributed by atoms with Crippen molar-refractivity contribution in [1.82, 2.24) is 24.9 Å². The van der Waals surface area contributed by atoms with E-state index in [2.05, 4.69) is 15.1 Å². The number of aromatic nitrogens is 3. The fourth-order valence-corrected chi connectivity index (χ4v) is 4.04. The second kappa shape index (κ2) is 7.69. The van der Waals surface area contributed by atoms with Gasteiger partial charge in [-0.15, -0.1) is 0 Å². The van der Waals surface area contributed by atoms with Crippen LogP contribution in [0.15, 0.2) is 28.9 Å². The van der Waals surface area contributed by atoms with E-state index in [0.717, 1.165) is 12.8 Å². The molecule has 0 saturated carbocycles. The minimum absolute atomic E-state index is 0.0391. The number of nitrogens with zero attached hydrogens (tertiary/aromatic N) is 5. The molecule has 0 N–H and O–H groups in total. The maximum atomic E-state index is 13.0. The van der Waals surface area contributed by atoms with Crippen molar-refractivity contribution in [2.75, 3.05) is 19.6 Å². The Morgan fingerprint density at radius 3 is 2.86 bits per heavy atom. The van der Waals surface area contributed by atoms with E-state index in [-0.39, 0.29) is 29.7 Å². The van der Waals surface area contributed by atoms with Crippen molar-refractivity contribution in [1.29, 1.82) is 0 Å². The zero-order chi connectivity index (χ0) is 19.7. The Morgan fingerprint density at radius 1 is 1.29 bits per heavy atom. The molecular weight excluding hydrogens is 358 g/mol. The molecule has 2 fully saturated rings. The Labute approximate surface area is 163 Å². The molecule has 0 aromatic carbocycles. The minimum Gasteiger partial charge on any atom is -0.342 e. The van der Waals surface area contributed by atoms with Crippen LogP contribution in [0.1, 0.15) is 44.9 Å². The van der Waals surface area contributed by atoms with Crippen molar-refractivity contribution in [3.05, 3.63) is 30.2 Å². The van der Waals surface area contributed by atoms with Crippen LogP contribution in [0.3, 0.4) is 0 Å². The molecule has 0 radical (unpaired) electrons. The van der Waals surface area contributed by atoms with E-state index < -0.39 is 0 Å². The SMILES string of the molecule is CC(C)N1C[C@H](C(=O)N2CCC[C@@H](c3noc(-c4ccccn4)n3)C2)CC1=O. The lowest BCUT2D eigenvalue weighted by atomic mass is 9.95. The van der Waals surface area contributed by atoms with E-state index in [4.69, 9.17) is 4.52 Å². The molecule has 8 nitrogen and oxygen atoms in total. The van der Waals surface area contributed by atoms with Crippen LogP contribution in [0.4, 0.5) is 0 Å². The topological polar surface area (TPSA) is 92.4 Å². The average molecular weight is 383 g/mol. The lowest BCUT2D eigenvalue weighted by Crippen LogP contribution is -2.43. The number of carbonyl (C=O) groups is 2. The number of hydrogen-bond donors (Lipinski definition) is 0. The zero-order valence-corrected chi connectivity index (χ0v) is 16.2. The number of amides is 2. The Bertz CT molecular complexity index is 851. The van der Waals surface area contributed by atoms with Crippen molar-refractivity contribution >= 4 is 11.8 Å². The zero-order valence-electron chi connectivity index (χ0n) is 16.2. The molecule has 4 heterocycles. The van der Waals surface area contributed by atoms with E-state index in [1.807, 2.05) is 36.9 Å². The lowest BCUT2D eigenvalue weighted by molar-refractivity contribution is -0.137. The van der Waals surface area contributed by atoms with Gasteiger partial charge in [0, 0.05) is 44.2 Å². The average Bonchev–Trinajstić information content (AvgIpc) is 3.35. The van der Waals surface area contributed by atoms with E-state index in [1.165, 1.54) is 0 Å². The number of pyridine rings is 1. The molecule has 2 aliphatic heterocycles. The first-order valence-corrected chi connectivity index (χ1v) is 9.86. The van der Waals surface area contributed by atoms with Crippen LogP contribution in [0.25, 0.3) is 11.6 Å². The van der Waals surface area contributed by atoms with Crippen LogP contribution in [0.2, 0.25) is 0 Å². The highest BCUT2D eigenvalue weighted by Crippen LogP contribution is 2.29. The lowest BCUT2D eigenvalue weighted by Gasteiger charge is -2.33. The second-order valence-electron chi connectivity index (χ2n) is 7.84. The first kappa shape index (κ1) is 18.6. The smallest absolute Gasteiger partial charge is 0.276 e. The molecule has 2 aliphatic rings. The van der Waals surface area contributed by atoms with Gasteiger partial charge in [0.05, 0.1) is 5.92 Å². The van der Waals surface area contributed by atoms with Gasteiger partial charge in [0.25, 0.3) is 5.89 Å². The highest BCUT2D eigenvalue weighted by atomic mass is 16.5. The first-order chi connectivity index (χ1) is 13.5. The van der Waals surface area contributed by atoms with Gasteiger partial charge in [-0.2, -0.15) is 4.98 Å². The van der Waals surface area contributed by atoms with Gasteiger partial charge in [-0.25, -0.2) is 0 Å². The summed E-state index contributed by atoms with van der Waals surface area (Å²) in [6.45, 7) is 5.76. The Hall–Kier alpha value is -2.77. The van der Waals surface area contributed by atoms with Gasteiger partial charge in [0.2, 0.25) is 11.8 Å². The summed E-state index contributed by atoms with van der Waals surface area (Å²) in [4.78, 5) is 37.5. The molecule has 28 heavy (non-hydrogen) atoms. The quantitative estimate of drug-likeness (QED) is 0.803.